The van der Waals surface area contributed by atoms with Crippen molar-refractivity contribution in [3.63, 3.8) is 0 Å². The molecule has 0 bridgehead atoms. The van der Waals surface area contributed by atoms with Gasteiger partial charge in [0.2, 0.25) is 0 Å². The molecular formula is C23H45NO4. The summed E-state index contributed by atoms with van der Waals surface area (Å²) in [6.45, 7) is 6.99. The van der Waals surface area contributed by atoms with Crippen molar-refractivity contribution in [2.24, 2.45) is 0 Å². The van der Waals surface area contributed by atoms with Crippen LogP contribution in [-0.4, -0.2) is 43.3 Å². The summed E-state index contributed by atoms with van der Waals surface area (Å²) >= 11 is 0. The molecule has 5 heteroatoms. The molecule has 0 rings (SSSR count). The van der Waals surface area contributed by atoms with Crippen LogP contribution in [0.2, 0.25) is 0 Å². The summed E-state index contributed by atoms with van der Waals surface area (Å²) < 4.78 is 10.1. The number of carbonyl (C=O) groups is 2. The zero-order valence-corrected chi connectivity index (χ0v) is 18.8. The molecule has 0 N–H and O–H groups in total. The van der Waals surface area contributed by atoms with Crippen molar-refractivity contribution in [2.45, 2.75) is 111 Å². The number of rotatable bonds is 19. The summed E-state index contributed by atoms with van der Waals surface area (Å²) in [6, 6.07) is 0. The molecule has 0 fully saturated rings. The molecule has 0 atom stereocenters. The molecule has 0 aliphatic carbocycles. The Balaban J connectivity index is 3.38. The first-order valence-corrected chi connectivity index (χ1v) is 11.7. The Morgan fingerprint density at radius 1 is 0.643 bits per heavy atom. The van der Waals surface area contributed by atoms with Gasteiger partial charge >= 0.3 is 12.1 Å². The van der Waals surface area contributed by atoms with Crippen LogP contribution < -0.4 is 0 Å². The van der Waals surface area contributed by atoms with Crippen LogP contribution in [-0.2, 0) is 14.3 Å². The van der Waals surface area contributed by atoms with Crippen molar-refractivity contribution in [1.82, 2.24) is 4.90 Å². The van der Waals surface area contributed by atoms with E-state index in [4.69, 9.17) is 9.47 Å². The number of likely N-dealkylation sites (N-methyl/N-ethyl adjacent to an activating group) is 1. The largest absolute Gasteiger partial charge is 0.464 e. The van der Waals surface area contributed by atoms with E-state index in [1.807, 2.05) is 6.92 Å². The average molecular weight is 400 g/mol. The quantitative estimate of drug-likeness (QED) is 0.184. The van der Waals surface area contributed by atoms with Crippen LogP contribution in [0.3, 0.4) is 0 Å². The Morgan fingerprint density at radius 3 is 1.54 bits per heavy atom. The van der Waals surface area contributed by atoms with Gasteiger partial charge in [0, 0.05) is 6.54 Å². The minimum Gasteiger partial charge on any atom is -0.464 e. The van der Waals surface area contributed by atoms with Gasteiger partial charge in [-0.05, 0) is 20.3 Å². The van der Waals surface area contributed by atoms with Crippen molar-refractivity contribution < 1.29 is 19.1 Å². The molecule has 0 radical (unpaired) electrons. The van der Waals surface area contributed by atoms with Crippen LogP contribution in [0.5, 0.6) is 0 Å². The Kier molecular flexibility index (Phi) is 19.6. The van der Waals surface area contributed by atoms with Gasteiger partial charge in [-0.15, -0.1) is 0 Å². The van der Waals surface area contributed by atoms with Gasteiger partial charge in [-0.1, -0.05) is 90.4 Å². The molecule has 0 heterocycles. The maximum Gasteiger partial charge on any atom is 0.410 e. The second-order valence-electron chi connectivity index (χ2n) is 7.53. The third kappa shape index (κ3) is 16.9. The lowest BCUT2D eigenvalue weighted by Gasteiger charge is -2.18. The highest BCUT2D eigenvalue weighted by Crippen LogP contribution is 2.13. The number of unbranched alkanes of at least 4 members (excludes halogenated alkanes) is 13. The molecule has 0 aliphatic rings. The fourth-order valence-electron chi connectivity index (χ4n) is 3.20. The van der Waals surface area contributed by atoms with Gasteiger partial charge in [-0.2, -0.15) is 0 Å². The standard InChI is InChI=1S/C23H45NO4/c1-4-7-8-9-10-11-12-13-14-15-16-17-18-19-20-28-22(25)21-24(5-2)23(26)27-6-3/h4-21H2,1-3H3. The van der Waals surface area contributed by atoms with Crippen LogP contribution in [0.25, 0.3) is 0 Å². The lowest BCUT2D eigenvalue weighted by molar-refractivity contribution is -0.144. The van der Waals surface area contributed by atoms with Crippen molar-refractivity contribution in [3.8, 4) is 0 Å². The molecule has 0 saturated carbocycles. The number of hydrogen-bond donors (Lipinski definition) is 0. The fourth-order valence-corrected chi connectivity index (χ4v) is 3.20. The molecule has 5 nitrogen and oxygen atoms in total. The second-order valence-corrected chi connectivity index (χ2v) is 7.53. The molecule has 0 spiro atoms. The SMILES string of the molecule is CCCCCCCCCCCCCCCCOC(=O)CN(CC)C(=O)OCC. The molecule has 0 aromatic carbocycles. The van der Waals surface area contributed by atoms with Gasteiger partial charge in [-0.3, -0.25) is 9.69 Å². The topological polar surface area (TPSA) is 55.8 Å². The highest BCUT2D eigenvalue weighted by Gasteiger charge is 2.16. The Labute approximate surface area is 173 Å². The minimum absolute atomic E-state index is 0.0338. The summed E-state index contributed by atoms with van der Waals surface area (Å²) in [5, 5.41) is 0. The highest BCUT2D eigenvalue weighted by molar-refractivity contribution is 5.78. The molecule has 0 aromatic heterocycles. The van der Waals surface area contributed by atoms with E-state index in [2.05, 4.69) is 6.92 Å². The van der Waals surface area contributed by atoms with E-state index in [1.165, 1.54) is 81.9 Å². The van der Waals surface area contributed by atoms with Gasteiger partial charge in [0.1, 0.15) is 6.54 Å². The molecule has 0 saturated heterocycles. The van der Waals surface area contributed by atoms with Crippen molar-refractivity contribution in [2.75, 3.05) is 26.3 Å². The first-order valence-electron chi connectivity index (χ1n) is 11.7. The maximum atomic E-state index is 11.8. The van der Waals surface area contributed by atoms with E-state index in [1.54, 1.807) is 6.92 Å². The van der Waals surface area contributed by atoms with Gasteiger partial charge in [-0.25, -0.2) is 4.79 Å². The number of amides is 1. The normalized spacial score (nSPS) is 10.7. The summed E-state index contributed by atoms with van der Waals surface area (Å²) in [6.07, 6.45) is 17.8. The minimum atomic E-state index is -0.460. The van der Waals surface area contributed by atoms with E-state index in [9.17, 15) is 9.59 Å². The second kappa shape index (κ2) is 20.5. The number of nitrogens with zero attached hydrogens (tertiary/aromatic N) is 1. The third-order valence-electron chi connectivity index (χ3n) is 4.99. The molecule has 0 unspecified atom stereocenters. The van der Waals surface area contributed by atoms with Crippen LogP contribution in [0.15, 0.2) is 0 Å². The molecule has 1 amide bonds. The van der Waals surface area contributed by atoms with E-state index < -0.39 is 6.09 Å². The van der Waals surface area contributed by atoms with E-state index in [0.717, 1.165) is 12.8 Å². The Morgan fingerprint density at radius 2 is 1.11 bits per heavy atom. The molecule has 166 valence electrons. The molecule has 0 aliphatic heterocycles. The lowest BCUT2D eigenvalue weighted by atomic mass is 10.0. The predicted octanol–water partition coefficient (Wildman–Crippen LogP) is 6.49. The molecular weight excluding hydrogens is 354 g/mol. The van der Waals surface area contributed by atoms with E-state index in [-0.39, 0.29) is 12.5 Å². The first-order chi connectivity index (χ1) is 13.7. The average Bonchev–Trinajstić information content (AvgIpc) is 2.69. The highest BCUT2D eigenvalue weighted by atomic mass is 16.6. The fraction of sp³-hybridized carbons (Fsp3) is 0.913. The monoisotopic (exact) mass is 399 g/mol. The smallest absolute Gasteiger partial charge is 0.410 e. The summed E-state index contributed by atoms with van der Waals surface area (Å²) in [5.74, 6) is -0.357. The number of hydrogen-bond acceptors (Lipinski definition) is 4. The van der Waals surface area contributed by atoms with Crippen molar-refractivity contribution >= 4 is 12.1 Å². The summed E-state index contributed by atoms with van der Waals surface area (Å²) in [5.41, 5.74) is 0. The third-order valence-corrected chi connectivity index (χ3v) is 4.99. The number of ether oxygens (including phenoxy) is 2. The maximum absolute atomic E-state index is 11.8. The van der Waals surface area contributed by atoms with Crippen LogP contribution in [0.4, 0.5) is 4.79 Å². The van der Waals surface area contributed by atoms with Crippen LogP contribution >= 0.6 is 0 Å². The first kappa shape index (κ1) is 26.7. The zero-order chi connectivity index (χ0) is 20.9. The Bertz CT molecular complexity index is 374. The number of esters is 1. The van der Waals surface area contributed by atoms with Gasteiger partial charge in [0.05, 0.1) is 13.2 Å². The predicted molar refractivity (Wildman–Crippen MR) is 116 cm³/mol. The van der Waals surface area contributed by atoms with Gasteiger partial charge in [0.15, 0.2) is 0 Å². The zero-order valence-electron chi connectivity index (χ0n) is 18.8. The lowest BCUT2D eigenvalue weighted by Crippen LogP contribution is -2.36. The summed E-state index contributed by atoms with van der Waals surface area (Å²) in [7, 11) is 0. The Hall–Kier alpha value is -1.26. The van der Waals surface area contributed by atoms with Crippen molar-refractivity contribution in [1.29, 1.82) is 0 Å². The molecule has 0 aromatic rings. The van der Waals surface area contributed by atoms with Crippen molar-refractivity contribution in [3.05, 3.63) is 0 Å². The molecule has 28 heavy (non-hydrogen) atoms. The van der Waals surface area contributed by atoms with Gasteiger partial charge in [0.25, 0.3) is 0 Å². The van der Waals surface area contributed by atoms with Crippen LogP contribution in [0.1, 0.15) is 111 Å². The van der Waals surface area contributed by atoms with Gasteiger partial charge < -0.3 is 9.47 Å². The number of carbonyl (C=O) groups excluding carboxylic acids is 2. The van der Waals surface area contributed by atoms with E-state index >= 15 is 0 Å². The summed E-state index contributed by atoms with van der Waals surface area (Å²) in [4.78, 5) is 24.8. The van der Waals surface area contributed by atoms with E-state index in [0.29, 0.717) is 19.8 Å². The van der Waals surface area contributed by atoms with Crippen LogP contribution in [0, 0.1) is 0 Å².